The van der Waals surface area contributed by atoms with E-state index in [2.05, 4.69) is 28.2 Å². The van der Waals surface area contributed by atoms with E-state index in [9.17, 15) is 0 Å². The number of hydrogen-bond donors (Lipinski definition) is 0. The molecule has 0 heterocycles. The van der Waals surface area contributed by atoms with Crippen molar-refractivity contribution >= 4 is 31.9 Å². The van der Waals surface area contributed by atoms with Crippen molar-refractivity contribution in [2.45, 2.75) is 0 Å². The van der Waals surface area contributed by atoms with Crippen molar-refractivity contribution < 1.29 is 25.7 Å². The summed E-state index contributed by atoms with van der Waals surface area (Å²) >= 11 is 0. The molecule has 0 aromatic rings. The van der Waals surface area contributed by atoms with Gasteiger partial charge in [-0.3, -0.25) is 0 Å². The van der Waals surface area contributed by atoms with Crippen LogP contribution in [0.2, 0.25) is 0 Å². The smallest absolute Gasteiger partial charge is 0.741 e. The fraction of sp³-hybridized carbons (Fsp3) is 1.00. The van der Waals surface area contributed by atoms with Crippen LogP contribution in [0.4, 0.5) is 0 Å². The van der Waals surface area contributed by atoms with Crippen molar-refractivity contribution in [2.24, 2.45) is 0 Å². The van der Waals surface area contributed by atoms with Gasteiger partial charge in [0.25, 0.3) is 0 Å². The zero-order valence-electron chi connectivity index (χ0n) is 5.27. The molecule has 0 amide bonds. The average Bonchev–Trinajstić information content (AvgIpc) is 1.12. The molecule has 0 aromatic carbocycles. The predicted molar refractivity (Wildman–Crippen MR) is 64.0 cm³/mol. The largest absolute Gasteiger partial charge is 2.00 e. The number of nitrogens with zero attached hydrogens (tertiary/aromatic N) is 2. The maximum atomic E-state index is 2.35. The van der Waals surface area contributed by atoms with Gasteiger partial charge in [-0.15, -0.1) is 0 Å². The standard InChI is InChI=1S/2C2H12B2N.Mn/c2*1-5(2,3)4;/h2*1-4H3;/q2*-1;+2. The molecule has 0 N–H and O–H groups in total. The fourth-order valence-electron chi connectivity index (χ4n) is 0. The van der Waals surface area contributed by atoms with E-state index < -0.39 is 0 Å². The van der Waals surface area contributed by atoms with Crippen molar-refractivity contribution in [3.8, 4) is 0 Å². The van der Waals surface area contributed by atoms with Crippen molar-refractivity contribution in [2.75, 3.05) is 28.2 Å². The van der Waals surface area contributed by atoms with Gasteiger partial charge >= 0.3 is 17.1 Å². The first kappa shape index (κ1) is 17.7. The van der Waals surface area contributed by atoms with Crippen LogP contribution in [0.25, 0.3) is 0 Å². The second kappa shape index (κ2) is 6.24. The maximum absolute atomic E-state index is 2.35. The molecule has 0 aliphatic rings. The molecule has 0 spiro atoms. The van der Waals surface area contributed by atoms with Gasteiger partial charge in [-0.05, 0) is 28.2 Å². The Morgan fingerprint density at radius 3 is 0.636 bits per heavy atom. The molecular formula is C4H24B4MnN2. The molecule has 0 atom stereocenters. The summed E-state index contributed by atoms with van der Waals surface area (Å²) in [6.07, 6.45) is 0. The summed E-state index contributed by atoms with van der Waals surface area (Å²) in [5, 5.41) is 0. The van der Waals surface area contributed by atoms with Gasteiger partial charge in [0, 0.05) is 0 Å². The molecule has 69 valence electrons. The molecule has 7 heteroatoms. The first-order chi connectivity index (χ1) is 4.00. The van der Waals surface area contributed by atoms with Gasteiger partial charge < -0.3 is 8.61 Å². The predicted octanol–water partition coefficient (Wildman–Crippen LogP) is -4.76. The molecule has 0 saturated heterocycles. The quantitative estimate of drug-likeness (QED) is 0.343. The van der Waals surface area contributed by atoms with E-state index in [0.717, 1.165) is 0 Å². The molecule has 2 nitrogen and oxygen atoms in total. The van der Waals surface area contributed by atoms with Crippen molar-refractivity contribution in [1.29, 1.82) is 0 Å². The Morgan fingerprint density at radius 2 is 0.636 bits per heavy atom. The summed E-state index contributed by atoms with van der Waals surface area (Å²) in [5.74, 6) is 0. The summed E-state index contributed by atoms with van der Waals surface area (Å²) in [5.41, 5.74) is 0. The summed E-state index contributed by atoms with van der Waals surface area (Å²) in [7, 11) is 12.0. The Labute approximate surface area is 86.1 Å². The molecule has 1 radical (unpaired) electrons. The van der Waals surface area contributed by atoms with Crippen LogP contribution in [0, 0.1) is 0 Å². The first-order valence-corrected chi connectivity index (χ1v) is 1.79. The van der Waals surface area contributed by atoms with E-state index in [4.69, 9.17) is 0 Å². The van der Waals surface area contributed by atoms with E-state index in [1.807, 2.05) is 0 Å². The maximum Gasteiger partial charge on any atom is 2.00 e. The minimum atomic E-state index is 0. The van der Waals surface area contributed by atoms with E-state index >= 15 is 0 Å². The summed E-state index contributed by atoms with van der Waals surface area (Å²) < 4.78 is 3.00. The number of hydrogen-bond acceptors (Lipinski definition) is 0. The Bertz CT molecular complexity index is 63.1. The van der Waals surface area contributed by atoms with E-state index in [-0.39, 0.29) is 17.1 Å². The number of rotatable bonds is 0. The molecule has 0 saturated carbocycles. The molecule has 0 unspecified atom stereocenters. The van der Waals surface area contributed by atoms with Crippen LogP contribution in [0.5, 0.6) is 0 Å². The van der Waals surface area contributed by atoms with E-state index in [1.54, 1.807) is 0 Å². The molecule has 0 aliphatic carbocycles. The second-order valence-electron chi connectivity index (χ2n) is 0.894. The van der Waals surface area contributed by atoms with Gasteiger partial charge in [-0.25, -0.2) is 0 Å². The Kier molecular flexibility index (Phi) is 10.0. The van der Waals surface area contributed by atoms with Crippen LogP contribution in [0.1, 0.15) is 0 Å². The Morgan fingerprint density at radius 1 is 0.636 bits per heavy atom. The third kappa shape index (κ3) is 1660. The van der Waals surface area contributed by atoms with E-state index in [1.165, 1.54) is 8.61 Å². The van der Waals surface area contributed by atoms with Crippen LogP contribution in [-0.4, -0.2) is 68.7 Å². The molecule has 11 heavy (non-hydrogen) atoms. The van der Waals surface area contributed by atoms with Crippen molar-refractivity contribution in [3.05, 3.63) is 0 Å². The average molecular weight is 198 g/mol. The SMILES string of the molecule is [BH3-][N+]([BH3-])(C)C.[BH3-][N+]([BH3-])(C)C.[Mn+2]. The van der Waals surface area contributed by atoms with Gasteiger partial charge in [0.1, 0.15) is 31.9 Å². The minimum absolute atomic E-state index is 0. The zero-order chi connectivity index (χ0) is 9.00. The first-order valence-electron chi connectivity index (χ1n) is 1.79. The van der Waals surface area contributed by atoms with Crippen molar-refractivity contribution in [3.63, 3.8) is 0 Å². The molecule has 0 bridgehead atoms. The second-order valence-corrected chi connectivity index (χ2v) is 0.894. The third-order valence-electron chi connectivity index (χ3n) is 0. The third-order valence-corrected chi connectivity index (χ3v) is 0. The van der Waals surface area contributed by atoms with Gasteiger partial charge in [-0.1, -0.05) is 0 Å². The molecule has 0 aromatic heterocycles. The van der Waals surface area contributed by atoms with Crippen LogP contribution >= 0.6 is 0 Å². The Hall–Kier alpha value is 0.699. The zero-order valence-corrected chi connectivity index (χ0v) is 6.45. The van der Waals surface area contributed by atoms with Gasteiger partial charge in [0.15, 0.2) is 0 Å². The fourth-order valence-corrected chi connectivity index (χ4v) is 0. The molecule has 0 rings (SSSR count). The summed E-state index contributed by atoms with van der Waals surface area (Å²) in [6, 6.07) is 0. The van der Waals surface area contributed by atoms with Crippen LogP contribution in [0.3, 0.4) is 0 Å². The van der Waals surface area contributed by atoms with Gasteiger partial charge in [0.2, 0.25) is 0 Å². The molecule has 0 fully saturated rings. The summed E-state index contributed by atoms with van der Waals surface area (Å²) in [4.78, 5) is 0. The normalized spacial score (nSPS) is 10.9. The monoisotopic (exact) mass is 199 g/mol. The molecule has 0 aliphatic heterocycles. The summed E-state index contributed by atoms with van der Waals surface area (Å²) in [6.45, 7) is 0. The van der Waals surface area contributed by atoms with Crippen LogP contribution in [0.15, 0.2) is 0 Å². The van der Waals surface area contributed by atoms with Crippen molar-refractivity contribution in [1.82, 2.24) is 0 Å². The number of quaternary nitrogens is 2. The van der Waals surface area contributed by atoms with Crippen LogP contribution in [-0.2, 0) is 17.1 Å². The van der Waals surface area contributed by atoms with Crippen LogP contribution < -0.4 is 0 Å². The minimum Gasteiger partial charge on any atom is -0.741 e. The van der Waals surface area contributed by atoms with E-state index in [0.29, 0.717) is 31.9 Å². The molecular weight excluding hydrogens is 174 g/mol. The Balaban J connectivity index is -0.000000107. The van der Waals surface area contributed by atoms with Gasteiger partial charge in [0.05, 0.1) is 0 Å². The topological polar surface area (TPSA) is 0 Å². The van der Waals surface area contributed by atoms with Gasteiger partial charge in [-0.2, -0.15) is 0 Å².